The van der Waals surface area contributed by atoms with E-state index >= 15 is 0 Å². The standard InChI is InChI=1S/C23H23FN8S.C19H14BrFN6S/c1-3-17-22(32-14-20(27-13-19(32)28-17)31-10-8-26-9-11-31)30(2)23-29-21(18(12-25)33-23)15-4-6-16(24)7-5-15;1-3-13-18(27-10-15(20)23-9-16(27)24-13)26(2)19-25-17(14(8-22)28-19)11-4-6-12(21)7-5-11/h4-7,13-14,26H,3,8-11H2,1-2H3;4-7,9-10H,3H2,1-2H3. The van der Waals surface area contributed by atoms with Crippen LogP contribution in [0.4, 0.5) is 36.5 Å². The van der Waals surface area contributed by atoms with Crippen molar-refractivity contribution in [2.75, 3.05) is 55.0 Å². The first-order valence-corrected chi connectivity index (χ1v) is 21.7. The second kappa shape index (κ2) is 17.7. The second-order valence-electron chi connectivity index (χ2n) is 13.8. The number of piperazine rings is 1. The van der Waals surface area contributed by atoms with Crippen LogP contribution in [0.1, 0.15) is 35.0 Å². The van der Waals surface area contributed by atoms with Crippen molar-refractivity contribution >= 4 is 77.6 Å². The highest BCUT2D eigenvalue weighted by Gasteiger charge is 2.24. The number of benzene rings is 2. The van der Waals surface area contributed by atoms with Gasteiger partial charge in [0.25, 0.3) is 0 Å². The van der Waals surface area contributed by atoms with Crippen LogP contribution < -0.4 is 20.0 Å². The number of fused-ring (bicyclic) bond motifs is 2. The van der Waals surface area contributed by atoms with Crippen molar-refractivity contribution in [3.63, 3.8) is 0 Å². The number of aromatic nitrogens is 8. The number of hydrogen-bond donors (Lipinski definition) is 1. The maximum absolute atomic E-state index is 13.4. The van der Waals surface area contributed by atoms with Crippen molar-refractivity contribution in [2.45, 2.75) is 26.7 Å². The van der Waals surface area contributed by atoms with Crippen LogP contribution in [0.2, 0.25) is 0 Å². The molecule has 1 fully saturated rings. The third-order valence-corrected chi connectivity index (χ3v) is 12.5. The number of nitriles is 2. The lowest BCUT2D eigenvalue weighted by atomic mass is 10.1. The van der Waals surface area contributed by atoms with E-state index in [0.29, 0.717) is 47.1 Å². The molecule has 308 valence electrons. The van der Waals surface area contributed by atoms with Gasteiger partial charge in [0.05, 0.1) is 30.0 Å². The summed E-state index contributed by atoms with van der Waals surface area (Å²) in [5.41, 5.74) is 5.84. The molecule has 0 saturated carbocycles. The van der Waals surface area contributed by atoms with E-state index in [1.54, 1.807) is 36.7 Å². The molecule has 1 aliphatic rings. The number of nitrogens with zero attached hydrogens (tertiary/aromatic N) is 13. The topological polar surface area (TPSA) is 155 Å². The number of halogens is 3. The molecule has 0 amide bonds. The molecule has 7 heterocycles. The van der Waals surface area contributed by atoms with E-state index in [1.165, 1.54) is 46.9 Å². The van der Waals surface area contributed by atoms with Gasteiger partial charge < -0.3 is 20.0 Å². The molecule has 1 N–H and O–H groups in total. The van der Waals surface area contributed by atoms with Crippen LogP contribution in [-0.4, -0.2) is 79.0 Å². The highest BCUT2D eigenvalue weighted by molar-refractivity contribution is 9.10. The van der Waals surface area contributed by atoms with Crippen molar-refractivity contribution < 1.29 is 8.78 Å². The molecular formula is C42H37BrF2N14S2. The van der Waals surface area contributed by atoms with Crippen molar-refractivity contribution in [3.8, 4) is 34.7 Å². The summed E-state index contributed by atoms with van der Waals surface area (Å²) >= 11 is 6.00. The molecule has 1 saturated heterocycles. The second-order valence-corrected chi connectivity index (χ2v) is 16.6. The van der Waals surface area contributed by atoms with Gasteiger partial charge in [-0.25, -0.2) is 38.7 Å². The van der Waals surface area contributed by atoms with E-state index in [9.17, 15) is 19.3 Å². The minimum atomic E-state index is -0.327. The number of imidazole rings is 2. The summed E-state index contributed by atoms with van der Waals surface area (Å²) in [7, 11) is 3.83. The lowest BCUT2D eigenvalue weighted by Crippen LogP contribution is -2.44. The Morgan fingerprint density at radius 1 is 0.705 bits per heavy atom. The van der Waals surface area contributed by atoms with Crippen molar-refractivity contribution in [3.05, 3.63) is 111 Å². The predicted octanol–water partition coefficient (Wildman–Crippen LogP) is 8.56. The summed E-state index contributed by atoms with van der Waals surface area (Å²) in [6.07, 6.45) is 8.87. The third kappa shape index (κ3) is 8.25. The molecule has 1 aliphatic heterocycles. The molecule has 61 heavy (non-hydrogen) atoms. The van der Waals surface area contributed by atoms with Gasteiger partial charge in [0.15, 0.2) is 21.6 Å². The predicted molar refractivity (Wildman–Crippen MR) is 238 cm³/mol. The molecule has 2 aromatic carbocycles. The number of anilines is 5. The smallest absolute Gasteiger partial charge is 0.192 e. The van der Waals surface area contributed by atoms with Gasteiger partial charge in [-0.15, -0.1) is 0 Å². The first kappa shape index (κ1) is 41.4. The number of rotatable bonds is 9. The molecule has 8 aromatic rings. The summed E-state index contributed by atoms with van der Waals surface area (Å²) in [6.45, 7) is 7.76. The van der Waals surface area contributed by atoms with Crippen LogP contribution in [0.3, 0.4) is 0 Å². The number of hydrogen-bond acceptors (Lipinski definition) is 14. The number of aryl methyl sites for hydroxylation is 2. The zero-order valence-corrected chi connectivity index (χ0v) is 36.7. The monoisotopic (exact) mass is 918 g/mol. The first-order chi connectivity index (χ1) is 29.6. The summed E-state index contributed by atoms with van der Waals surface area (Å²) in [5.74, 6) is 2.02. The Labute approximate surface area is 366 Å². The van der Waals surface area contributed by atoms with E-state index in [4.69, 9.17) is 9.97 Å². The Morgan fingerprint density at radius 2 is 1.16 bits per heavy atom. The lowest BCUT2D eigenvalue weighted by Gasteiger charge is -2.28. The molecule has 14 nitrogen and oxygen atoms in total. The normalized spacial score (nSPS) is 12.6. The minimum Gasteiger partial charge on any atom is -0.353 e. The Hall–Kier alpha value is -6.38. The first-order valence-electron chi connectivity index (χ1n) is 19.3. The largest absolute Gasteiger partial charge is 0.353 e. The van der Waals surface area contributed by atoms with E-state index in [-0.39, 0.29) is 11.6 Å². The molecule has 0 atom stereocenters. The molecule has 9 rings (SSSR count). The van der Waals surface area contributed by atoms with Crippen LogP contribution >= 0.6 is 38.6 Å². The summed E-state index contributed by atoms with van der Waals surface area (Å²) in [5, 5.41) is 24.0. The van der Waals surface area contributed by atoms with Crippen LogP contribution in [0.5, 0.6) is 0 Å². The third-order valence-electron chi connectivity index (χ3n) is 10.1. The van der Waals surface area contributed by atoms with Gasteiger partial charge in [-0.05, 0) is 77.3 Å². The van der Waals surface area contributed by atoms with Gasteiger partial charge in [-0.2, -0.15) is 10.5 Å². The van der Waals surface area contributed by atoms with Crippen LogP contribution in [0, 0.1) is 34.3 Å². The molecule has 0 spiro atoms. The molecule has 19 heteroatoms. The number of thiazole rings is 2. The zero-order chi connectivity index (χ0) is 42.8. The molecule has 0 bridgehead atoms. The molecule has 0 aliphatic carbocycles. The quantitative estimate of drug-likeness (QED) is 0.148. The Bertz CT molecular complexity index is 2940. The molecule has 0 unspecified atom stereocenters. The summed E-state index contributed by atoms with van der Waals surface area (Å²) < 4.78 is 31.3. The van der Waals surface area contributed by atoms with E-state index in [0.717, 1.165) is 79.2 Å². The zero-order valence-electron chi connectivity index (χ0n) is 33.4. The average molecular weight is 920 g/mol. The van der Waals surface area contributed by atoms with Gasteiger partial charge >= 0.3 is 0 Å². The lowest BCUT2D eigenvalue weighted by molar-refractivity contribution is 0.584. The van der Waals surface area contributed by atoms with Gasteiger partial charge in [-0.1, -0.05) is 36.5 Å². The minimum absolute atomic E-state index is 0.322. The Kier molecular flexibility index (Phi) is 12.0. The highest BCUT2D eigenvalue weighted by Crippen LogP contribution is 2.39. The average Bonchev–Trinajstić information content (AvgIpc) is 4.09. The van der Waals surface area contributed by atoms with Crippen LogP contribution in [0.25, 0.3) is 33.8 Å². The van der Waals surface area contributed by atoms with Crippen molar-refractivity contribution in [1.82, 2.24) is 44.0 Å². The maximum atomic E-state index is 13.4. The molecular weight excluding hydrogens is 883 g/mol. The molecule has 0 radical (unpaired) electrons. The summed E-state index contributed by atoms with van der Waals surface area (Å²) in [4.78, 5) is 34.8. The van der Waals surface area contributed by atoms with E-state index in [2.05, 4.69) is 65.1 Å². The molecule has 6 aromatic heterocycles. The van der Waals surface area contributed by atoms with Gasteiger partial charge in [0, 0.05) is 57.6 Å². The SMILES string of the molecule is CCc1nc2cnc(Br)cn2c1N(C)c1nc(-c2ccc(F)cc2)c(C#N)s1.CCc1nc2cnc(N3CCNCC3)cn2c1N(C)c1nc(-c2ccc(F)cc2)c(C#N)s1. The fourth-order valence-electron chi connectivity index (χ4n) is 7.03. The Morgan fingerprint density at radius 3 is 1.62 bits per heavy atom. The van der Waals surface area contributed by atoms with Gasteiger partial charge in [0.2, 0.25) is 0 Å². The van der Waals surface area contributed by atoms with Crippen molar-refractivity contribution in [2.24, 2.45) is 0 Å². The van der Waals surface area contributed by atoms with E-state index < -0.39 is 0 Å². The highest BCUT2D eigenvalue weighted by atomic mass is 79.9. The number of nitrogens with one attached hydrogen (secondary N) is 1. The Balaban J connectivity index is 0.000000171. The fraction of sp³-hybridized carbons (Fsp3) is 0.238. The summed E-state index contributed by atoms with van der Waals surface area (Å²) in [6, 6.07) is 16.5. The van der Waals surface area contributed by atoms with Crippen molar-refractivity contribution in [1.29, 1.82) is 10.5 Å². The fourth-order valence-corrected chi connectivity index (χ4v) is 9.04. The van der Waals surface area contributed by atoms with E-state index in [1.807, 2.05) is 52.0 Å². The van der Waals surface area contributed by atoms with Crippen LogP contribution in [0.15, 0.2) is 77.9 Å². The van der Waals surface area contributed by atoms with Gasteiger partial charge in [-0.3, -0.25) is 8.80 Å². The maximum Gasteiger partial charge on any atom is 0.192 e. The van der Waals surface area contributed by atoms with Gasteiger partial charge in [0.1, 0.15) is 67.0 Å². The van der Waals surface area contributed by atoms with Crippen LogP contribution in [-0.2, 0) is 12.8 Å².